The van der Waals surface area contributed by atoms with Gasteiger partial charge in [0.15, 0.2) is 0 Å². The number of benzene rings is 1. The molecule has 0 radical (unpaired) electrons. The normalized spacial score (nSPS) is 17.5. The van der Waals surface area contributed by atoms with E-state index in [2.05, 4.69) is 23.9 Å². The maximum atomic E-state index is 12.4. The Bertz CT molecular complexity index is 682. The summed E-state index contributed by atoms with van der Waals surface area (Å²) < 4.78 is 26.9. The minimum Gasteiger partial charge on any atom is -0.346 e. The van der Waals surface area contributed by atoms with Crippen LogP contribution in [0.25, 0.3) is 0 Å². The first kappa shape index (κ1) is 18.9. The molecular formula is C17H27N3O3S. The molecule has 0 bridgehead atoms. The maximum absolute atomic E-state index is 12.4. The lowest BCUT2D eigenvalue weighted by Crippen LogP contribution is -2.52. The number of nitrogens with two attached hydrogens (primary N) is 1. The summed E-state index contributed by atoms with van der Waals surface area (Å²) in [4.78, 5) is 12.6. The van der Waals surface area contributed by atoms with E-state index in [1.54, 1.807) is 0 Å². The molecule has 1 aliphatic carbocycles. The van der Waals surface area contributed by atoms with E-state index >= 15 is 0 Å². The molecule has 4 N–H and O–H groups in total. The highest BCUT2D eigenvalue weighted by molar-refractivity contribution is 7.89. The Morgan fingerprint density at radius 3 is 2.33 bits per heavy atom. The van der Waals surface area contributed by atoms with Gasteiger partial charge in [-0.1, -0.05) is 13.8 Å². The molecule has 1 saturated carbocycles. The van der Waals surface area contributed by atoms with Crippen LogP contribution >= 0.6 is 0 Å². The van der Waals surface area contributed by atoms with Gasteiger partial charge in [-0.2, -0.15) is 0 Å². The summed E-state index contributed by atoms with van der Waals surface area (Å²) in [6.45, 7) is 6.41. The topological polar surface area (TPSA) is 101 Å². The van der Waals surface area contributed by atoms with Crippen LogP contribution in [0.5, 0.6) is 0 Å². The van der Waals surface area contributed by atoms with Gasteiger partial charge in [-0.05, 0) is 56.4 Å². The number of rotatable bonds is 8. The minimum atomic E-state index is -3.50. The molecule has 1 fully saturated rings. The van der Waals surface area contributed by atoms with Crippen molar-refractivity contribution in [1.82, 2.24) is 10.0 Å². The molecule has 0 spiro atoms. The predicted octanol–water partition coefficient (Wildman–Crippen LogP) is 1.62. The van der Waals surface area contributed by atoms with Crippen molar-refractivity contribution in [2.24, 2.45) is 11.7 Å². The smallest absolute Gasteiger partial charge is 0.251 e. The maximum Gasteiger partial charge on any atom is 0.251 e. The molecule has 0 saturated heterocycles. The van der Waals surface area contributed by atoms with Crippen LogP contribution in [-0.2, 0) is 10.0 Å². The van der Waals surface area contributed by atoms with Crippen LogP contribution in [0.3, 0.4) is 0 Å². The lowest BCUT2D eigenvalue weighted by atomic mass is 9.90. The van der Waals surface area contributed by atoms with Gasteiger partial charge in [0.25, 0.3) is 5.91 Å². The highest BCUT2D eigenvalue weighted by Crippen LogP contribution is 2.22. The van der Waals surface area contributed by atoms with Crippen LogP contribution in [0.1, 0.15) is 50.4 Å². The molecule has 1 aromatic carbocycles. The molecular weight excluding hydrogens is 326 g/mol. The van der Waals surface area contributed by atoms with E-state index < -0.39 is 15.6 Å². The summed E-state index contributed by atoms with van der Waals surface area (Å²) in [6.07, 6.45) is 2.54. The second-order valence-corrected chi connectivity index (χ2v) is 8.95. The molecule has 1 aliphatic rings. The summed E-state index contributed by atoms with van der Waals surface area (Å²) in [7, 11) is -3.50. The van der Waals surface area contributed by atoms with E-state index in [9.17, 15) is 13.2 Å². The van der Waals surface area contributed by atoms with Crippen molar-refractivity contribution in [3.8, 4) is 0 Å². The average molecular weight is 353 g/mol. The van der Waals surface area contributed by atoms with E-state index in [0.717, 1.165) is 19.3 Å². The Labute approximate surface area is 144 Å². The first-order chi connectivity index (χ1) is 11.1. The monoisotopic (exact) mass is 353 g/mol. The van der Waals surface area contributed by atoms with Crippen LogP contribution in [0.15, 0.2) is 29.2 Å². The molecule has 1 aromatic rings. The lowest BCUT2D eigenvalue weighted by Gasteiger charge is -2.31. The van der Waals surface area contributed by atoms with Crippen LogP contribution < -0.4 is 15.8 Å². The zero-order valence-corrected chi connectivity index (χ0v) is 15.3. The van der Waals surface area contributed by atoms with Gasteiger partial charge >= 0.3 is 0 Å². The third-order valence-electron chi connectivity index (χ3n) is 4.05. The minimum absolute atomic E-state index is 0.0549. The number of amides is 1. The van der Waals surface area contributed by atoms with Gasteiger partial charge < -0.3 is 11.1 Å². The number of hydrogen-bond donors (Lipinski definition) is 3. The van der Waals surface area contributed by atoms with Gasteiger partial charge in [-0.15, -0.1) is 0 Å². The highest BCUT2D eigenvalue weighted by Gasteiger charge is 2.29. The standard InChI is InChI=1S/C17H27N3O3S/c1-12(2)10-17(3,11-18)19-16(21)13-4-8-15(9-5-13)24(22,23)20-14-6-7-14/h4-5,8-9,12,14,20H,6-7,10-11,18H2,1-3H3,(H,19,21). The van der Waals surface area contributed by atoms with Gasteiger partial charge in [-0.25, -0.2) is 13.1 Å². The average Bonchev–Trinajstić information content (AvgIpc) is 3.29. The molecule has 0 heterocycles. The second-order valence-electron chi connectivity index (χ2n) is 7.24. The number of hydrogen-bond acceptors (Lipinski definition) is 4. The van der Waals surface area contributed by atoms with Crippen molar-refractivity contribution < 1.29 is 13.2 Å². The molecule has 1 unspecified atom stereocenters. The third-order valence-corrected chi connectivity index (χ3v) is 5.59. The van der Waals surface area contributed by atoms with Crippen LogP contribution in [-0.4, -0.2) is 32.5 Å². The Kier molecular flexibility index (Phi) is 5.67. The number of nitrogens with one attached hydrogen (secondary N) is 2. The van der Waals surface area contributed by atoms with Crippen molar-refractivity contribution in [2.75, 3.05) is 6.54 Å². The SMILES string of the molecule is CC(C)CC(C)(CN)NC(=O)c1ccc(S(=O)(=O)NC2CC2)cc1. The number of sulfonamides is 1. The van der Waals surface area contributed by atoms with E-state index in [4.69, 9.17) is 5.73 Å². The van der Waals surface area contributed by atoms with E-state index in [0.29, 0.717) is 18.0 Å². The van der Waals surface area contributed by atoms with Crippen LogP contribution in [0.4, 0.5) is 0 Å². The van der Waals surface area contributed by atoms with E-state index in [-0.39, 0.29) is 16.8 Å². The summed E-state index contributed by atoms with van der Waals surface area (Å²) in [5, 5.41) is 2.96. The molecule has 2 rings (SSSR count). The Balaban J connectivity index is 2.08. The van der Waals surface area contributed by atoms with Crippen LogP contribution in [0.2, 0.25) is 0 Å². The Morgan fingerprint density at radius 1 is 1.29 bits per heavy atom. The molecule has 1 atom stereocenters. The quantitative estimate of drug-likeness (QED) is 0.661. The second kappa shape index (κ2) is 7.21. The van der Waals surface area contributed by atoms with Gasteiger partial charge in [0, 0.05) is 23.7 Å². The van der Waals surface area contributed by atoms with Gasteiger partial charge in [-0.3, -0.25) is 4.79 Å². The van der Waals surface area contributed by atoms with Gasteiger partial charge in [0.05, 0.1) is 4.90 Å². The first-order valence-corrected chi connectivity index (χ1v) is 9.78. The molecule has 0 aliphatic heterocycles. The third kappa shape index (κ3) is 5.03. The van der Waals surface area contributed by atoms with E-state index in [1.807, 2.05) is 6.92 Å². The molecule has 6 nitrogen and oxygen atoms in total. The zero-order chi connectivity index (χ0) is 18.0. The summed E-state index contributed by atoms with van der Waals surface area (Å²) in [5.74, 6) is 0.155. The van der Waals surface area contributed by atoms with Gasteiger partial charge in [0.1, 0.15) is 0 Å². The fourth-order valence-corrected chi connectivity index (χ4v) is 4.01. The van der Waals surface area contributed by atoms with Crippen molar-refractivity contribution in [3.63, 3.8) is 0 Å². The molecule has 24 heavy (non-hydrogen) atoms. The summed E-state index contributed by atoms with van der Waals surface area (Å²) in [6, 6.07) is 6.04. The first-order valence-electron chi connectivity index (χ1n) is 8.30. The lowest BCUT2D eigenvalue weighted by molar-refractivity contribution is 0.0898. The molecule has 1 amide bonds. The van der Waals surface area contributed by atoms with Crippen LogP contribution in [0, 0.1) is 5.92 Å². The highest BCUT2D eigenvalue weighted by atomic mass is 32.2. The fourth-order valence-electron chi connectivity index (χ4n) is 2.71. The molecule has 134 valence electrons. The zero-order valence-electron chi connectivity index (χ0n) is 14.5. The van der Waals surface area contributed by atoms with Gasteiger partial charge in [0.2, 0.25) is 10.0 Å². The van der Waals surface area contributed by atoms with E-state index in [1.165, 1.54) is 24.3 Å². The number of carbonyl (C=O) groups excluding carboxylic acids is 1. The number of carbonyl (C=O) groups is 1. The fraction of sp³-hybridized carbons (Fsp3) is 0.588. The predicted molar refractivity (Wildman–Crippen MR) is 94.2 cm³/mol. The largest absolute Gasteiger partial charge is 0.346 e. The van der Waals surface area contributed by atoms with Crippen molar-refractivity contribution in [1.29, 1.82) is 0 Å². The Morgan fingerprint density at radius 2 is 1.88 bits per heavy atom. The van der Waals surface area contributed by atoms with Crippen molar-refractivity contribution >= 4 is 15.9 Å². The summed E-state index contributed by atoms with van der Waals surface area (Å²) >= 11 is 0. The molecule has 0 aromatic heterocycles. The summed E-state index contributed by atoms with van der Waals surface area (Å²) in [5.41, 5.74) is 5.75. The van der Waals surface area contributed by atoms with Crippen molar-refractivity contribution in [2.45, 2.75) is 56.5 Å². The molecule has 7 heteroatoms. The Hall–Kier alpha value is -1.44. The van der Waals surface area contributed by atoms with Crippen molar-refractivity contribution in [3.05, 3.63) is 29.8 Å².